The Labute approximate surface area is 215 Å². The first-order valence-corrected chi connectivity index (χ1v) is 13.0. The van der Waals surface area contributed by atoms with Crippen molar-refractivity contribution in [2.45, 2.75) is 66.2 Å². The van der Waals surface area contributed by atoms with Gasteiger partial charge in [0.1, 0.15) is 11.4 Å². The maximum atomic E-state index is 12.8. The minimum Gasteiger partial charge on any atom is -0.508 e. The second-order valence-electron chi connectivity index (χ2n) is 8.52. The molecule has 0 atom stereocenters. The molecule has 0 saturated heterocycles. The summed E-state index contributed by atoms with van der Waals surface area (Å²) in [5.41, 5.74) is 6.93. The van der Waals surface area contributed by atoms with Crippen LogP contribution >= 0.6 is 0 Å². The van der Waals surface area contributed by atoms with Gasteiger partial charge in [-0.15, -0.1) is 0 Å². The summed E-state index contributed by atoms with van der Waals surface area (Å²) in [5, 5.41) is 12.8. The zero-order valence-electron chi connectivity index (χ0n) is 21.8. The van der Waals surface area contributed by atoms with Crippen molar-refractivity contribution < 1.29 is 9.90 Å². The number of hydrogen-bond donors (Lipinski definition) is 2. The van der Waals surface area contributed by atoms with Crippen LogP contribution in [0, 0.1) is 0 Å². The van der Waals surface area contributed by atoms with Gasteiger partial charge >= 0.3 is 0 Å². The molecule has 36 heavy (non-hydrogen) atoms. The van der Waals surface area contributed by atoms with E-state index in [9.17, 15) is 9.90 Å². The number of phenolic OH excluding ortho intramolecular Hbond substituents is 1. The highest BCUT2D eigenvalue weighted by molar-refractivity contribution is 5.94. The van der Waals surface area contributed by atoms with Gasteiger partial charge in [-0.1, -0.05) is 68.8 Å². The van der Waals surface area contributed by atoms with Gasteiger partial charge < -0.3 is 10.4 Å². The maximum absolute atomic E-state index is 12.8. The van der Waals surface area contributed by atoms with Gasteiger partial charge in [-0.3, -0.25) is 4.79 Å². The molecule has 0 bridgehead atoms. The fourth-order valence-corrected chi connectivity index (χ4v) is 4.36. The Balaban J connectivity index is 0.00000176. The first kappa shape index (κ1) is 26.9. The number of carbonyl (C=O) groups excluding carboxylic acids is 1. The molecule has 3 aromatic rings. The van der Waals surface area contributed by atoms with Crippen molar-refractivity contribution in [3.8, 4) is 17.0 Å². The van der Waals surface area contributed by atoms with Crippen LogP contribution in [0.5, 0.6) is 5.75 Å². The molecule has 1 heterocycles. The second-order valence-corrected chi connectivity index (χ2v) is 8.52. The molecule has 4 rings (SSSR count). The highest BCUT2D eigenvalue weighted by atomic mass is 16.3. The van der Waals surface area contributed by atoms with Gasteiger partial charge in [-0.05, 0) is 68.9 Å². The number of amides is 1. The molecular weight excluding hydrogens is 446 g/mol. The zero-order valence-corrected chi connectivity index (χ0v) is 21.8. The Kier molecular flexibility index (Phi) is 9.99. The van der Waals surface area contributed by atoms with E-state index in [0.717, 1.165) is 54.6 Å². The van der Waals surface area contributed by atoms with Crippen LogP contribution in [0.3, 0.4) is 0 Å². The third kappa shape index (κ3) is 6.69. The highest BCUT2D eigenvalue weighted by Gasteiger charge is 2.23. The predicted molar refractivity (Wildman–Crippen MR) is 149 cm³/mol. The van der Waals surface area contributed by atoms with Crippen LogP contribution in [0.1, 0.15) is 70.3 Å². The molecule has 1 aliphatic rings. The third-order valence-electron chi connectivity index (χ3n) is 6.14. The number of anilines is 1. The Morgan fingerprint density at radius 2 is 1.72 bits per heavy atom. The normalized spacial score (nSPS) is 12.7. The average Bonchev–Trinajstić information content (AvgIpc) is 2.91. The number of fused-ring (bicyclic) bond motifs is 1. The van der Waals surface area contributed by atoms with E-state index in [0.29, 0.717) is 17.9 Å². The Bertz CT molecular complexity index is 1210. The standard InChI is InChI=1S/C29H31N3O2.C2H6/c1-3-9-24-21(4-2)16-19-25-28(24)32-27(22-14-17-23(33)18-15-22)29(30-25)31-26(34)13-8-12-20-10-6-5-7-11-20;1-2/h3,5-7,9-11,14-15,17-18,33H,4,8,12-13,16,19H2,1-2H3,(H,30,31,34);1-2H3/b9-3-;. The number of hydrogen-bond acceptors (Lipinski definition) is 4. The van der Waals surface area contributed by atoms with Crippen LogP contribution in [0.15, 0.2) is 72.3 Å². The van der Waals surface area contributed by atoms with Gasteiger partial charge in [-0.25, -0.2) is 9.97 Å². The van der Waals surface area contributed by atoms with Crippen molar-refractivity contribution >= 4 is 17.3 Å². The quantitative estimate of drug-likeness (QED) is 0.347. The highest BCUT2D eigenvalue weighted by Crippen LogP contribution is 2.36. The van der Waals surface area contributed by atoms with E-state index in [2.05, 4.69) is 30.4 Å². The summed E-state index contributed by atoms with van der Waals surface area (Å²) in [6.45, 7) is 8.18. The molecule has 2 aromatic carbocycles. The summed E-state index contributed by atoms with van der Waals surface area (Å²) < 4.78 is 0. The van der Waals surface area contributed by atoms with Crippen molar-refractivity contribution in [3.63, 3.8) is 0 Å². The van der Waals surface area contributed by atoms with Gasteiger partial charge in [0, 0.05) is 17.6 Å². The van der Waals surface area contributed by atoms with Crippen molar-refractivity contribution in [3.05, 3.63) is 89.3 Å². The van der Waals surface area contributed by atoms with Crippen molar-refractivity contribution in [1.82, 2.24) is 9.97 Å². The smallest absolute Gasteiger partial charge is 0.225 e. The average molecular weight is 484 g/mol. The van der Waals surface area contributed by atoms with E-state index < -0.39 is 0 Å². The van der Waals surface area contributed by atoms with Gasteiger partial charge in [0.25, 0.3) is 0 Å². The number of aryl methyl sites for hydroxylation is 2. The maximum Gasteiger partial charge on any atom is 0.225 e. The molecule has 0 saturated carbocycles. The summed E-state index contributed by atoms with van der Waals surface area (Å²) in [7, 11) is 0. The first-order chi connectivity index (χ1) is 17.6. The molecule has 0 unspecified atom stereocenters. The Morgan fingerprint density at radius 3 is 2.39 bits per heavy atom. The largest absolute Gasteiger partial charge is 0.508 e. The van der Waals surface area contributed by atoms with Crippen molar-refractivity contribution in [1.29, 1.82) is 0 Å². The molecule has 0 spiro atoms. The van der Waals surface area contributed by atoms with Crippen LogP contribution in [0.4, 0.5) is 5.82 Å². The molecule has 1 aromatic heterocycles. The van der Waals surface area contributed by atoms with Crippen LogP contribution in [-0.4, -0.2) is 21.0 Å². The van der Waals surface area contributed by atoms with E-state index in [1.54, 1.807) is 24.3 Å². The van der Waals surface area contributed by atoms with Crippen molar-refractivity contribution in [2.75, 3.05) is 5.32 Å². The topological polar surface area (TPSA) is 75.1 Å². The van der Waals surface area contributed by atoms with E-state index in [1.165, 1.54) is 11.1 Å². The van der Waals surface area contributed by atoms with Crippen LogP contribution in [0.25, 0.3) is 16.8 Å². The van der Waals surface area contributed by atoms with Crippen LogP contribution in [0.2, 0.25) is 0 Å². The van der Waals surface area contributed by atoms with Crippen molar-refractivity contribution in [2.24, 2.45) is 0 Å². The molecule has 188 valence electrons. The number of aromatic nitrogens is 2. The minimum absolute atomic E-state index is 0.0699. The number of nitrogens with one attached hydrogen (secondary N) is 1. The third-order valence-corrected chi connectivity index (χ3v) is 6.14. The molecule has 5 nitrogen and oxygen atoms in total. The zero-order chi connectivity index (χ0) is 25.9. The predicted octanol–water partition coefficient (Wildman–Crippen LogP) is 7.52. The molecular formula is C31H37N3O2. The van der Waals surface area contributed by atoms with Gasteiger partial charge in [0.05, 0.1) is 11.4 Å². The minimum atomic E-state index is -0.0699. The van der Waals surface area contributed by atoms with E-state index in [4.69, 9.17) is 9.97 Å². The van der Waals surface area contributed by atoms with Crippen LogP contribution in [-0.2, 0) is 17.6 Å². The SMILES string of the molecule is C/C=C\C1=C(CC)CCc2nc(NC(=O)CCCc3ccccc3)c(-c3ccc(O)cc3)nc21.CC. The lowest BCUT2D eigenvalue weighted by Crippen LogP contribution is -2.17. The Morgan fingerprint density at radius 1 is 1.00 bits per heavy atom. The number of nitrogens with zero attached hydrogens (tertiary/aromatic N) is 2. The van der Waals surface area contributed by atoms with Crippen LogP contribution < -0.4 is 5.32 Å². The number of carbonyl (C=O) groups is 1. The molecule has 1 aliphatic carbocycles. The second kappa shape index (κ2) is 13.4. The lowest BCUT2D eigenvalue weighted by molar-refractivity contribution is -0.116. The molecule has 5 heteroatoms. The molecule has 0 aliphatic heterocycles. The van der Waals surface area contributed by atoms with Gasteiger partial charge in [0.2, 0.25) is 5.91 Å². The van der Waals surface area contributed by atoms with E-state index >= 15 is 0 Å². The summed E-state index contributed by atoms with van der Waals surface area (Å²) in [4.78, 5) is 22.8. The monoisotopic (exact) mass is 483 g/mol. The number of benzene rings is 2. The number of phenols is 1. The van der Waals surface area contributed by atoms with E-state index in [1.807, 2.05) is 45.0 Å². The summed E-state index contributed by atoms with van der Waals surface area (Å²) in [6.07, 6.45) is 8.88. The Hall–Kier alpha value is -3.73. The molecule has 0 radical (unpaired) electrons. The summed E-state index contributed by atoms with van der Waals surface area (Å²) in [6, 6.07) is 17.1. The first-order valence-electron chi connectivity index (χ1n) is 13.0. The summed E-state index contributed by atoms with van der Waals surface area (Å²) >= 11 is 0. The molecule has 2 N–H and O–H groups in total. The van der Waals surface area contributed by atoms with E-state index in [-0.39, 0.29) is 11.7 Å². The summed E-state index contributed by atoms with van der Waals surface area (Å²) in [5.74, 6) is 0.595. The molecule has 0 fully saturated rings. The fraction of sp³-hybridized carbons (Fsp3) is 0.323. The van der Waals surface area contributed by atoms with Gasteiger partial charge in [-0.2, -0.15) is 0 Å². The molecule has 1 amide bonds. The lowest BCUT2D eigenvalue weighted by Gasteiger charge is -2.22. The van der Waals surface area contributed by atoms with Gasteiger partial charge in [0.15, 0.2) is 5.82 Å². The number of aromatic hydroxyl groups is 1. The lowest BCUT2D eigenvalue weighted by atomic mass is 9.89. The number of rotatable bonds is 8. The number of allylic oxidation sites excluding steroid dienone is 4. The fourth-order valence-electron chi connectivity index (χ4n) is 4.36.